The first-order valence-electron chi connectivity index (χ1n) is 29.2. The van der Waals surface area contributed by atoms with Gasteiger partial charge in [-0.2, -0.15) is 0 Å². The highest BCUT2D eigenvalue weighted by atomic mass is 16.5. The lowest BCUT2D eigenvalue weighted by molar-refractivity contribution is 0.483. The SMILES string of the molecule is [2H]c1c([2H])c([2H])c2c(c1[2H])[N+](c1ccc(C(C([2H])([2H])[2H])(C([2H])([2H])[2H])C([2H])([2H])[2H])cc1)=C=[N+]2c1cc(Oc2ccc3c4cc(C)nc(C)c4n(-c4cc(C(C)(C)C)ccn4)c3c2)cc(-c2c(C(C)C)cc(C(C)C)cc2C(C)C)c1. The summed E-state index contributed by atoms with van der Waals surface area (Å²) in [4.78, 5) is 9.79. The molecule has 4 heterocycles. The van der Waals surface area contributed by atoms with Crippen LogP contribution in [0.1, 0.15) is 158 Å². The lowest BCUT2D eigenvalue weighted by Gasteiger charge is -2.23. The summed E-state index contributed by atoms with van der Waals surface area (Å²) >= 11 is 0. The number of hydrogen-bond donors (Lipinski definition) is 0. The highest BCUT2D eigenvalue weighted by molar-refractivity contribution is 6.10. The average molecular weight is 885 g/mol. The number of nitrogens with zero attached hydrogens (tertiary/aromatic N) is 5. The van der Waals surface area contributed by atoms with E-state index in [-0.39, 0.29) is 46.3 Å². The van der Waals surface area contributed by atoms with Crippen molar-refractivity contribution in [3.8, 4) is 28.4 Å². The van der Waals surface area contributed by atoms with Gasteiger partial charge in [-0.3, -0.25) is 9.55 Å². The zero-order valence-electron chi connectivity index (χ0n) is 52.6. The molecule has 8 aromatic rings. The van der Waals surface area contributed by atoms with Crippen molar-refractivity contribution < 1.29 is 22.6 Å². The summed E-state index contributed by atoms with van der Waals surface area (Å²) in [6.45, 7) is 12.9. The summed E-state index contributed by atoms with van der Waals surface area (Å²) in [7, 11) is 0. The number of rotatable bonds is 9. The molecule has 1 aliphatic rings. The average Bonchev–Trinajstić information content (AvgIpc) is 4.13. The maximum atomic E-state index is 9.42. The van der Waals surface area contributed by atoms with Crippen LogP contribution in [0.2, 0.25) is 0 Å². The number of aromatic nitrogens is 3. The molecule has 1 aliphatic heterocycles. The Hall–Kier alpha value is -6.62. The van der Waals surface area contributed by atoms with Crippen LogP contribution in [-0.2, 0) is 10.8 Å². The van der Waals surface area contributed by atoms with E-state index in [0.717, 1.165) is 79.0 Å². The van der Waals surface area contributed by atoms with Gasteiger partial charge in [0.15, 0.2) is 0 Å². The zero-order chi connectivity index (χ0) is 58.0. The van der Waals surface area contributed by atoms with Gasteiger partial charge in [-0.05, 0) is 127 Å². The standard InChI is InChI=1S/C60H65N5O/c1-36(2)41-30-50(37(3)4)57(51(31-41)38(5)6)42-28-46(64-35-63(53-17-15-16-18-54(53)64)45-21-19-43(20-22-45)59(9,10)11)33-48(29-42)66-47-23-24-49-52-27-39(7)62-40(8)58(52)65(55(49)34-47)56-32-44(25-26-61-56)60(12,13)14/h15-34,36-38H,1-14H3/q+2/i9D3,10D3,11D3,15D,16D,17D,18D. The summed E-state index contributed by atoms with van der Waals surface area (Å²) in [5, 5.41) is 1.99. The molecule has 0 bridgehead atoms. The highest BCUT2D eigenvalue weighted by Crippen LogP contribution is 2.45. The summed E-state index contributed by atoms with van der Waals surface area (Å²) < 4.78 is 123. The zero-order valence-corrected chi connectivity index (χ0v) is 39.6. The fourth-order valence-electron chi connectivity index (χ4n) is 9.06. The molecule has 66 heavy (non-hydrogen) atoms. The Kier molecular flexibility index (Phi) is 7.91. The van der Waals surface area contributed by atoms with Crippen LogP contribution >= 0.6 is 0 Å². The molecule has 0 spiro atoms. The number of para-hydroxylation sites is 2. The van der Waals surface area contributed by atoms with E-state index >= 15 is 0 Å². The molecule has 0 fully saturated rings. The number of ether oxygens (including phenoxy) is 1. The maximum absolute atomic E-state index is 9.42. The van der Waals surface area contributed by atoms with Gasteiger partial charge in [-0.1, -0.05) is 119 Å². The van der Waals surface area contributed by atoms with Gasteiger partial charge in [0.05, 0.1) is 28.3 Å². The number of hydrogen-bond acceptors (Lipinski definition) is 3. The Labute approximate surface area is 410 Å². The lowest BCUT2D eigenvalue weighted by atomic mass is 9.81. The van der Waals surface area contributed by atoms with Gasteiger partial charge in [-0.25, -0.2) is 4.98 Å². The first kappa shape index (κ1) is 31.3. The number of aryl methyl sites for hydroxylation is 2. The van der Waals surface area contributed by atoms with Crippen LogP contribution < -0.4 is 13.9 Å². The van der Waals surface area contributed by atoms with Crippen molar-refractivity contribution in [2.24, 2.45) is 0 Å². The molecule has 5 aromatic carbocycles. The monoisotopic (exact) mass is 885 g/mol. The molecule has 0 saturated heterocycles. The first-order valence-corrected chi connectivity index (χ1v) is 22.7. The fourth-order valence-corrected chi connectivity index (χ4v) is 9.06. The van der Waals surface area contributed by atoms with Crippen LogP contribution in [0.4, 0.5) is 22.7 Å². The molecule has 6 heteroatoms. The van der Waals surface area contributed by atoms with E-state index in [0.29, 0.717) is 17.2 Å². The molecule has 0 atom stereocenters. The van der Waals surface area contributed by atoms with Gasteiger partial charge in [0.2, 0.25) is 11.4 Å². The third-order valence-corrected chi connectivity index (χ3v) is 12.5. The van der Waals surface area contributed by atoms with Gasteiger partial charge in [0.25, 0.3) is 11.4 Å². The predicted octanol–water partition coefficient (Wildman–Crippen LogP) is 16.5. The number of benzene rings is 5. The minimum atomic E-state index is -3.50. The van der Waals surface area contributed by atoms with Crippen LogP contribution in [0.25, 0.3) is 38.8 Å². The number of fused-ring (bicyclic) bond motifs is 4. The van der Waals surface area contributed by atoms with E-state index in [9.17, 15) is 2.74 Å². The van der Waals surface area contributed by atoms with Crippen LogP contribution in [0.15, 0.2) is 121 Å². The van der Waals surface area contributed by atoms with Crippen molar-refractivity contribution in [3.63, 3.8) is 0 Å². The lowest BCUT2D eigenvalue weighted by Crippen LogP contribution is -2.12. The van der Waals surface area contributed by atoms with Gasteiger partial charge in [-0.15, -0.1) is 0 Å². The van der Waals surface area contributed by atoms with Crippen LogP contribution in [0.3, 0.4) is 0 Å². The van der Waals surface area contributed by atoms with Crippen molar-refractivity contribution in [1.29, 1.82) is 0 Å². The first-order chi connectivity index (χ1) is 36.7. The highest BCUT2D eigenvalue weighted by Gasteiger charge is 2.37. The molecule has 3 aromatic heterocycles. The maximum Gasteiger partial charge on any atom is 0.503 e. The summed E-state index contributed by atoms with van der Waals surface area (Å²) in [5.41, 5.74) is 6.49. The molecular formula is C60H65N5O+2. The predicted molar refractivity (Wildman–Crippen MR) is 278 cm³/mol. The van der Waals surface area contributed by atoms with E-state index in [4.69, 9.17) is 29.8 Å². The van der Waals surface area contributed by atoms with Crippen LogP contribution in [0.5, 0.6) is 11.5 Å². The van der Waals surface area contributed by atoms with Crippen LogP contribution in [-0.4, -0.2) is 20.5 Å². The molecular weight excluding hydrogens is 807 g/mol. The van der Waals surface area contributed by atoms with Crippen molar-refractivity contribution in [2.45, 2.75) is 125 Å². The second-order valence-corrected chi connectivity index (χ2v) is 19.5. The van der Waals surface area contributed by atoms with Gasteiger partial charge >= 0.3 is 6.01 Å². The normalized spacial score (nSPS) is 16.5. The molecule has 0 unspecified atom stereocenters. The molecule has 334 valence electrons. The molecule has 9 rings (SSSR count). The molecule has 0 saturated carbocycles. The van der Waals surface area contributed by atoms with Crippen molar-refractivity contribution >= 4 is 50.6 Å². The van der Waals surface area contributed by atoms with E-state index < -0.39 is 49.7 Å². The van der Waals surface area contributed by atoms with E-state index in [1.54, 1.807) is 6.07 Å². The van der Waals surface area contributed by atoms with E-state index in [1.165, 1.54) is 26.8 Å². The Balaban J connectivity index is 1.33. The Morgan fingerprint density at radius 2 is 1.33 bits per heavy atom. The molecule has 0 amide bonds. The smallest absolute Gasteiger partial charge is 0.457 e. The topological polar surface area (TPSA) is 46.0 Å². The molecule has 0 radical (unpaired) electrons. The quantitative estimate of drug-likeness (QED) is 0.136. The Morgan fingerprint density at radius 1 is 0.667 bits per heavy atom. The molecule has 0 N–H and O–H groups in total. The summed E-state index contributed by atoms with van der Waals surface area (Å²) in [6, 6.07) is 28.8. The Morgan fingerprint density at radius 3 is 1.95 bits per heavy atom. The third-order valence-electron chi connectivity index (χ3n) is 12.5. The van der Waals surface area contributed by atoms with E-state index in [2.05, 4.69) is 97.2 Å². The van der Waals surface area contributed by atoms with Crippen LogP contribution in [0, 0.1) is 13.8 Å². The van der Waals surface area contributed by atoms with Gasteiger partial charge in [0, 0.05) is 71.4 Å². The molecule has 6 nitrogen and oxygen atoms in total. The Bertz CT molecular complexity index is 3790. The second-order valence-electron chi connectivity index (χ2n) is 19.5. The second kappa shape index (κ2) is 16.7. The number of pyridine rings is 2. The largest absolute Gasteiger partial charge is 0.503 e. The van der Waals surface area contributed by atoms with Gasteiger partial charge < -0.3 is 4.74 Å². The summed E-state index contributed by atoms with van der Waals surface area (Å²) in [5.74, 6) is 2.01. The van der Waals surface area contributed by atoms with Crippen molar-refractivity contribution in [3.05, 3.63) is 161 Å². The fraction of sp³-hybridized carbons (Fsp3) is 0.317. The van der Waals surface area contributed by atoms with E-state index in [1.807, 2.05) is 56.4 Å². The minimum absolute atomic E-state index is 0.00480. The van der Waals surface area contributed by atoms with Gasteiger partial charge in [0.1, 0.15) is 17.3 Å². The third kappa shape index (κ3) is 8.17. The van der Waals surface area contributed by atoms with Crippen molar-refractivity contribution in [2.75, 3.05) is 0 Å². The van der Waals surface area contributed by atoms with Crippen molar-refractivity contribution in [1.82, 2.24) is 23.7 Å². The minimum Gasteiger partial charge on any atom is -0.457 e. The summed E-state index contributed by atoms with van der Waals surface area (Å²) in [6.07, 6.45) is 1.83. The molecule has 0 aliphatic carbocycles.